The third-order valence-corrected chi connectivity index (χ3v) is 7.18. The highest BCUT2D eigenvalue weighted by molar-refractivity contribution is 7.90. The molecule has 5 rings (SSSR count). The summed E-state index contributed by atoms with van der Waals surface area (Å²) in [6.07, 6.45) is 2.00. The fourth-order valence-electron chi connectivity index (χ4n) is 4.08. The minimum atomic E-state index is -3.60. The third-order valence-electron chi connectivity index (χ3n) is 5.64. The normalized spacial score (nSPS) is 22.7. The van der Waals surface area contributed by atoms with Crippen LogP contribution in [0.3, 0.4) is 0 Å². The first-order chi connectivity index (χ1) is 14.6. The van der Waals surface area contributed by atoms with E-state index in [1.807, 2.05) is 12.1 Å². The van der Waals surface area contributed by atoms with Gasteiger partial charge < -0.3 is 14.8 Å². The number of benzene rings is 2. The van der Waals surface area contributed by atoms with Crippen molar-refractivity contribution in [3.05, 3.63) is 59.2 Å². The average Bonchev–Trinajstić information content (AvgIpc) is 3.17. The summed E-state index contributed by atoms with van der Waals surface area (Å²) >= 11 is 0. The number of hydrogen-bond acceptors (Lipinski definition) is 5. The van der Waals surface area contributed by atoms with E-state index in [4.69, 9.17) is 14.5 Å². The van der Waals surface area contributed by atoms with E-state index in [0.29, 0.717) is 44.6 Å². The molecule has 9 heteroatoms. The van der Waals surface area contributed by atoms with Gasteiger partial charge in [0.15, 0.2) is 0 Å². The van der Waals surface area contributed by atoms with Crippen LogP contribution >= 0.6 is 0 Å². The van der Waals surface area contributed by atoms with Crippen LogP contribution in [0.5, 0.6) is 0 Å². The Balaban J connectivity index is 1.29. The monoisotopic (exact) mass is 428 g/mol. The van der Waals surface area contributed by atoms with Crippen molar-refractivity contribution in [3.63, 3.8) is 0 Å². The fraction of sp³-hybridized carbons (Fsp3) is 0.381. The quantitative estimate of drug-likeness (QED) is 0.781. The fourth-order valence-corrected chi connectivity index (χ4v) is 5.26. The molecule has 3 aliphatic rings. The Morgan fingerprint density at radius 3 is 2.80 bits per heavy atom. The second-order valence-electron chi connectivity index (χ2n) is 7.59. The molecule has 1 atom stereocenters. The maximum Gasteiger partial charge on any atom is 0.301 e. The first-order valence-electron chi connectivity index (χ1n) is 10.1. The summed E-state index contributed by atoms with van der Waals surface area (Å²) in [5.74, 6) is 0. The molecule has 0 aromatic heterocycles. The van der Waals surface area contributed by atoms with Crippen molar-refractivity contribution >= 4 is 27.6 Å². The standard InChI is InChI=1S/C21H24N4O4S/c26-30(27,25-9-11-28-12-10-25)24-17-6-8-19-16(13-17)14-29-21(22-19)23-20-7-5-15-3-1-2-4-18(15)20/h1-4,6,8,13,20,24H,5,7,9-12,14H2,(H,22,23). The van der Waals surface area contributed by atoms with Crippen molar-refractivity contribution in [3.8, 4) is 0 Å². The van der Waals surface area contributed by atoms with Gasteiger partial charge in [-0.15, -0.1) is 0 Å². The van der Waals surface area contributed by atoms with Crippen LogP contribution < -0.4 is 10.0 Å². The molecule has 2 aromatic carbocycles. The van der Waals surface area contributed by atoms with Gasteiger partial charge in [0.05, 0.1) is 24.9 Å². The van der Waals surface area contributed by atoms with Gasteiger partial charge in [0, 0.05) is 24.3 Å². The topological polar surface area (TPSA) is 92.3 Å². The van der Waals surface area contributed by atoms with Gasteiger partial charge in [-0.2, -0.15) is 12.7 Å². The first-order valence-corrected chi connectivity index (χ1v) is 11.6. The molecule has 2 heterocycles. The maximum absolute atomic E-state index is 12.6. The molecule has 158 valence electrons. The van der Waals surface area contributed by atoms with E-state index in [9.17, 15) is 8.42 Å². The Labute approximate surface area is 176 Å². The van der Waals surface area contributed by atoms with E-state index in [-0.39, 0.29) is 6.04 Å². The number of morpholine rings is 1. The number of nitrogens with one attached hydrogen (secondary N) is 2. The molecule has 2 aromatic rings. The molecular formula is C21H24N4O4S. The van der Waals surface area contributed by atoms with Crippen molar-refractivity contribution in [1.82, 2.24) is 4.31 Å². The highest BCUT2D eigenvalue weighted by Crippen LogP contribution is 2.35. The number of hydrogen-bond donors (Lipinski definition) is 2. The Morgan fingerprint density at radius 1 is 1.10 bits per heavy atom. The molecule has 1 fully saturated rings. The van der Waals surface area contributed by atoms with Gasteiger partial charge in [0.2, 0.25) is 0 Å². The summed E-state index contributed by atoms with van der Waals surface area (Å²) in [4.78, 5) is 4.77. The van der Waals surface area contributed by atoms with Gasteiger partial charge in [0.1, 0.15) is 6.61 Å². The summed E-state index contributed by atoms with van der Waals surface area (Å²) in [6, 6.07) is 14.4. The lowest BCUT2D eigenvalue weighted by molar-refractivity contribution is 0.0733. The van der Waals surface area contributed by atoms with Gasteiger partial charge in [-0.1, -0.05) is 24.3 Å². The zero-order valence-electron chi connectivity index (χ0n) is 16.5. The van der Waals surface area contributed by atoms with Crippen molar-refractivity contribution in [2.45, 2.75) is 25.5 Å². The van der Waals surface area contributed by atoms with Crippen molar-refractivity contribution in [1.29, 1.82) is 0 Å². The minimum Gasteiger partial charge on any atom is -0.460 e. The lowest BCUT2D eigenvalue weighted by atomic mass is 10.1. The van der Waals surface area contributed by atoms with Crippen LogP contribution in [0.2, 0.25) is 0 Å². The second kappa shape index (κ2) is 7.90. The number of amidine groups is 1. The van der Waals surface area contributed by atoms with E-state index in [1.54, 1.807) is 12.1 Å². The Morgan fingerprint density at radius 2 is 1.93 bits per heavy atom. The molecule has 2 N–H and O–H groups in total. The van der Waals surface area contributed by atoms with E-state index in [2.05, 4.69) is 28.2 Å². The van der Waals surface area contributed by atoms with Gasteiger partial charge >= 0.3 is 10.2 Å². The molecule has 0 spiro atoms. The molecule has 30 heavy (non-hydrogen) atoms. The molecule has 1 saturated heterocycles. The number of nitrogens with zero attached hydrogens (tertiary/aromatic N) is 2. The predicted molar refractivity (Wildman–Crippen MR) is 115 cm³/mol. The zero-order chi connectivity index (χ0) is 20.6. The van der Waals surface area contributed by atoms with E-state index in [0.717, 1.165) is 24.1 Å². The SMILES string of the molecule is O=S(=O)(Nc1ccc2c(c1)COC(=NC1CCc3ccccc31)N2)N1CCOCC1. The van der Waals surface area contributed by atoms with Crippen LogP contribution in [0.15, 0.2) is 47.5 Å². The minimum absolute atomic E-state index is 0.102. The zero-order valence-corrected chi connectivity index (χ0v) is 17.3. The summed E-state index contributed by atoms with van der Waals surface area (Å²) in [6.45, 7) is 1.87. The highest BCUT2D eigenvalue weighted by Gasteiger charge is 2.26. The molecule has 1 aliphatic carbocycles. The van der Waals surface area contributed by atoms with Crippen LogP contribution in [0.4, 0.5) is 11.4 Å². The van der Waals surface area contributed by atoms with E-state index in [1.165, 1.54) is 15.4 Å². The summed E-state index contributed by atoms with van der Waals surface area (Å²) in [5, 5.41) is 3.23. The highest BCUT2D eigenvalue weighted by atomic mass is 32.2. The van der Waals surface area contributed by atoms with Crippen molar-refractivity contribution < 1.29 is 17.9 Å². The number of anilines is 2. The Kier molecular flexibility index (Phi) is 5.10. The molecule has 2 aliphatic heterocycles. The Bertz CT molecular complexity index is 1080. The van der Waals surface area contributed by atoms with Crippen LogP contribution in [0, 0.1) is 0 Å². The Hall–Kier alpha value is -2.62. The van der Waals surface area contributed by atoms with Crippen molar-refractivity contribution in [2.24, 2.45) is 4.99 Å². The number of rotatable bonds is 4. The van der Waals surface area contributed by atoms with Crippen LogP contribution in [0.1, 0.15) is 29.2 Å². The van der Waals surface area contributed by atoms with Crippen LogP contribution in [0.25, 0.3) is 0 Å². The molecule has 0 amide bonds. The molecule has 0 radical (unpaired) electrons. The average molecular weight is 429 g/mol. The van der Waals surface area contributed by atoms with E-state index >= 15 is 0 Å². The summed E-state index contributed by atoms with van der Waals surface area (Å²) < 4.78 is 40.2. The number of aryl methyl sites for hydroxylation is 1. The maximum atomic E-state index is 12.6. The van der Waals surface area contributed by atoms with Crippen LogP contribution in [-0.2, 0) is 32.7 Å². The number of aliphatic imine (C=N–C) groups is 1. The second-order valence-corrected chi connectivity index (χ2v) is 9.26. The number of ether oxygens (including phenoxy) is 2. The third kappa shape index (κ3) is 3.88. The molecule has 1 unspecified atom stereocenters. The van der Waals surface area contributed by atoms with Gasteiger partial charge in [-0.25, -0.2) is 4.99 Å². The van der Waals surface area contributed by atoms with Gasteiger partial charge in [0.25, 0.3) is 6.02 Å². The first kappa shape index (κ1) is 19.3. The summed E-state index contributed by atoms with van der Waals surface area (Å²) in [5.41, 5.74) is 4.87. The number of fused-ring (bicyclic) bond motifs is 2. The smallest absolute Gasteiger partial charge is 0.301 e. The van der Waals surface area contributed by atoms with Crippen molar-refractivity contribution in [2.75, 3.05) is 36.3 Å². The van der Waals surface area contributed by atoms with Crippen LogP contribution in [-0.4, -0.2) is 45.0 Å². The lowest BCUT2D eigenvalue weighted by Crippen LogP contribution is -2.43. The largest absolute Gasteiger partial charge is 0.460 e. The molecule has 0 saturated carbocycles. The molecule has 8 nitrogen and oxygen atoms in total. The molecule has 0 bridgehead atoms. The molecular weight excluding hydrogens is 404 g/mol. The summed E-state index contributed by atoms with van der Waals surface area (Å²) in [7, 11) is -3.60. The van der Waals surface area contributed by atoms with Gasteiger partial charge in [-0.3, -0.25) is 4.72 Å². The lowest BCUT2D eigenvalue weighted by Gasteiger charge is -2.27. The van der Waals surface area contributed by atoms with E-state index < -0.39 is 10.2 Å². The predicted octanol–water partition coefficient (Wildman–Crippen LogP) is 2.66. The van der Waals surface area contributed by atoms with Gasteiger partial charge in [-0.05, 0) is 42.2 Å².